The zero-order chi connectivity index (χ0) is 21.5. The Morgan fingerprint density at radius 2 is 1.60 bits per heavy atom. The van der Waals surface area contributed by atoms with Crippen LogP contribution in [-0.4, -0.2) is 28.3 Å². The van der Waals surface area contributed by atoms with Gasteiger partial charge in [-0.15, -0.1) is 0 Å². The maximum atomic E-state index is 6.17. The second-order valence-corrected chi connectivity index (χ2v) is 9.61. The maximum Gasteiger partial charge on any atom is 0.494 e. The fraction of sp³-hybridized carbons (Fsp3) is 0.480. The van der Waals surface area contributed by atoms with Crippen molar-refractivity contribution in [3.8, 4) is 11.1 Å². The molecular formula is C25H33BN2O2. The summed E-state index contributed by atoms with van der Waals surface area (Å²) in [5.74, 6) is 1.55. The van der Waals surface area contributed by atoms with Crippen molar-refractivity contribution in [1.82, 2.24) is 9.97 Å². The third kappa shape index (κ3) is 3.93. The van der Waals surface area contributed by atoms with E-state index in [9.17, 15) is 0 Å². The van der Waals surface area contributed by atoms with Crippen LogP contribution in [0.2, 0.25) is 0 Å². The molecule has 30 heavy (non-hydrogen) atoms. The molecule has 1 fully saturated rings. The molecule has 1 aliphatic heterocycles. The smallest absolute Gasteiger partial charge is 0.399 e. The van der Waals surface area contributed by atoms with Gasteiger partial charge in [0.1, 0.15) is 5.82 Å². The highest BCUT2D eigenvalue weighted by Gasteiger charge is 2.51. The predicted octanol–water partition coefficient (Wildman–Crippen LogP) is 5.82. The van der Waals surface area contributed by atoms with Crippen molar-refractivity contribution < 1.29 is 9.31 Å². The number of imidazole rings is 1. The van der Waals surface area contributed by atoms with Gasteiger partial charge in [-0.3, -0.25) is 0 Å². The Morgan fingerprint density at radius 1 is 0.967 bits per heavy atom. The summed E-state index contributed by atoms with van der Waals surface area (Å²) in [6.07, 6.45) is 3.62. The highest BCUT2D eigenvalue weighted by molar-refractivity contribution is 6.62. The van der Waals surface area contributed by atoms with Gasteiger partial charge in [0.2, 0.25) is 0 Å². The fourth-order valence-electron chi connectivity index (χ4n) is 3.90. The zero-order valence-electron chi connectivity index (χ0n) is 19.1. The molecule has 2 aromatic carbocycles. The van der Waals surface area contributed by atoms with E-state index in [0.29, 0.717) is 5.92 Å². The van der Waals surface area contributed by atoms with E-state index in [2.05, 4.69) is 89.0 Å². The molecule has 4 rings (SSSR count). The summed E-state index contributed by atoms with van der Waals surface area (Å²) in [6, 6.07) is 14.9. The number of nitrogens with zero attached hydrogens (tertiary/aromatic N) is 1. The number of hydrogen-bond donors (Lipinski definition) is 1. The topological polar surface area (TPSA) is 47.1 Å². The van der Waals surface area contributed by atoms with Crippen molar-refractivity contribution in [3.05, 3.63) is 48.3 Å². The molecular weight excluding hydrogens is 371 g/mol. The lowest BCUT2D eigenvalue weighted by molar-refractivity contribution is 0.00578. The monoisotopic (exact) mass is 404 g/mol. The molecule has 3 aromatic rings. The van der Waals surface area contributed by atoms with E-state index in [1.807, 2.05) is 0 Å². The molecule has 4 nitrogen and oxygen atoms in total. The van der Waals surface area contributed by atoms with Gasteiger partial charge in [0.05, 0.1) is 22.2 Å². The van der Waals surface area contributed by atoms with Gasteiger partial charge in [0.15, 0.2) is 0 Å². The summed E-state index contributed by atoms with van der Waals surface area (Å²) < 4.78 is 12.3. The summed E-state index contributed by atoms with van der Waals surface area (Å²) in [5.41, 5.74) is 4.88. The van der Waals surface area contributed by atoms with Gasteiger partial charge in [-0.05, 0) is 62.8 Å². The van der Waals surface area contributed by atoms with E-state index in [1.165, 1.54) is 30.4 Å². The van der Waals surface area contributed by atoms with E-state index in [0.717, 1.165) is 22.3 Å². The van der Waals surface area contributed by atoms with Gasteiger partial charge >= 0.3 is 7.12 Å². The van der Waals surface area contributed by atoms with Crippen LogP contribution in [-0.2, 0) is 9.31 Å². The summed E-state index contributed by atoms with van der Waals surface area (Å²) in [6.45, 7) is 12.8. The highest BCUT2D eigenvalue weighted by atomic mass is 16.7. The van der Waals surface area contributed by atoms with Crippen molar-refractivity contribution in [2.75, 3.05) is 0 Å². The lowest BCUT2D eigenvalue weighted by atomic mass is 9.78. The number of nitrogens with one attached hydrogen (secondary N) is 1. The molecule has 1 aromatic heterocycles. The molecule has 0 spiro atoms. The predicted molar refractivity (Wildman–Crippen MR) is 125 cm³/mol. The highest BCUT2D eigenvalue weighted by Crippen LogP contribution is 2.36. The number of hydrogen-bond acceptors (Lipinski definition) is 3. The van der Waals surface area contributed by atoms with Gasteiger partial charge in [-0.2, -0.15) is 0 Å². The Bertz CT molecular complexity index is 1010. The van der Waals surface area contributed by atoms with Crippen molar-refractivity contribution in [1.29, 1.82) is 0 Å². The Morgan fingerprint density at radius 3 is 2.23 bits per heavy atom. The van der Waals surface area contributed by atoms with Crippen molar-refractivity contribution >= 4 is 23.6 Å². The number of fused-ring (bicyclic) bond motifs is 1. The zero-order valence-corrected chi connectivity index (χ0v) is 19.1. The first kappa shape index (κ1) is 21.1. The van der Waals surface area contributed by atoms with Crippen LogP contribution < -0.4 is 5.46 Å². The molecule has 0 radical (unpaired) electrons. The van der Waals surface area contributed by atoms with Crippen LogP contribution in [0.4, 0.5) is 0 Å². The largest absolute Gasteiger partial charge is 0.494 e. The van der Waals surface area contributed by atoms with Crippen molar-refractivity contribution in [2.45, 2.75) is 77.9 Å². The van der Waals surface area contributed by atoms with Crippen LogP contribution in [0.3, 0.4) is 0 Å². The van der Waals surface area contributed by atoms with E-state index in [-0.39, 0.29) is 18.3 Å². The van der Waals surface area contributed by atoms with Crippen LogP contribution in [0.15, 0.2) is 42.5 Å². The number of benzene rings is 2. The minimum absolute atomic E-state index is 0.325. The molecule has 0 amide bonds. The molecule has 2 heterocycles. The van der Waals surface area contributed by atoms with Gasteiger partial charge < -0.3 is 14.3 Å². The lowest BCUT2D eigenvalue weighted by Crippen LogP contribution is -2.41. The number of aromatic nitrogens is 2. The molecule has 1 saturated heterocycles. The van der Waals surface area contributed by atoms with Gasteiger partial charge in [-0.25, -0.2) is 4.98 Å². The standard InChI is InChI=1S/C25H33BN2O2/c1-7-8-9-17(2)23-27-21-15-12-19(16-22(21)28-23)18-10-13-20(14-11-18)26-29-24(3,4)25(5,6)30-26/h10-17H,7-9H2,1-6H3,(H,27,28)/t17-/m0/s1. The quantitative estimate of drug-likeness (QED) is 0.527. The fourth-order valence-corrected chi connectivity index (χ4v) is 3.90. The molecule has 1 N–H and O–H groups in total. The average molecular weight is 404 g/mol. The first-order valence-corrected chi connectivity index (χ1v) is 11.2. The Labute approximate surface area is 180 Å². The van der Waals surface area contributed by atoms with Gasteiger partial charge in [-0.1, -0.05) is 57.0 Å². The molecule has 1 atom stereocenters. The van der Waals surface area contributed by atoms with Crippen LogP contribution in [0.5, 0.6) is 0 Å². The Kier molecular flexibility index (Phi) is 5.54. The molecule has 1 aliphatic rings. The normalized spacial score (nSPS) is 18.8. The van der Waals surface area contributed by atoms with E-state index in [4.69, 9.17) is 14.3 Å². The number of rotatable bonds is 6. The summed E-state index contributed by atoms with van der Waals surface area (Å²) in [5, 5.41) is 0. The van der Waals surface area contributed by atoms with Gasteiger partial charge in [0.25, 0.3) is 0 Å². The van der Waals surface area contributed by atoms with E-state index in [1.54, 1.807) is 0 Å². The molecule has 0 saturated carbocycles. The van der Waals surface area contributed by atoms with Crippen LogP contribution in [0.25, 0.3) is 22.2 Å². The molecule has 0 bridgehead atoms. The Hall–Kier alpha value is -2.11. The van der Waals surface area contributed by atoms with Gasteiger partial charge in [0, 0.05) is 5.92 Å². The minimum atomic E-state index is -0.327. The number of H-pyrrole nitrogens is 1. The molecule has 158 valence electrons. The summed E-state index contributed by atoms with van der Waals surface area (Å²) in [7, 11) is -0.327. The van der Waals surface area contributed by atoms with Crippen molar-refractivity contribution in [2.24, 2.45) is 0 Å². The first-order chi connectivity index (χ1) is 14.2. The maximum absolute atomic E-state index is 6.17. The minimum Gasteiger partial charge on any atom is -0.399 e. The molecule has 0 unspecified atom stereocenters. The summed E-state index contributed by atoms with van der Waals surface area (Å²) in [4.78, 5) is 8.34. The Balaban J connectivity index is 1.54. The van der Waals surface area contributed by atoms with Crippen molar-refractivity contribution in [3.63, 3.8) is 0 Å². The third-order valence-corrected chi connectivity index (χ3v) is 6.73. The summed E-state index contributed by atoms with van der Waals surface area (Å²) >= 11 is 0. The number of aromatic amines is 1. The SMILES string of the molecule is CCCC[C@H](C)c1nc2ccc(-c3ccc(B4OC(C)(C)C(C)(C)O4)cc3)cc2[nH]1. The number of unbranched alkanes of at least 4 members (excludes halogenated alkanes) is 1. The van der Waals surface area contributed by atoms with E-state index < -0.39 is 0 Å². The van der Waals surface area contributed by atoms with E-state index >= 15 is 0 Å². The molecule has 5 heteroatoms. The third-order valence-electron chi connectivity index (χ3n) is 6.73. The molecule has 0 aliphatic carbocycles. The van der Waals surface area contributed by atoms with Crippen LogP contribution >= 0.6 is 0 Å². The second-order valence-electron chi connectivity index (χ2n) is 9.61. The average Bonchev–Trinajstić information content (AvgIpc) is 3.23. The second kappa shape index (κ2) is 7.86. The lowest BCUT2D eigenvalue weighted by Gasteiger charge is -2.32. The van der Waals surface area contributed by atoms with Crippen LogP contribution in [0.1, 0.15) is 72.5 Å². The first-order valence-electron chi connectivity index (χ1n) is 11.2. The van der Waals surface area contributed by atoms with Crippen LogP contribution in [0, 0.1) is 0 Å².